The van der Waals surface area contributed by atoms with Crippen LogP contribution in [0.25, 0.3) is 6.08 Å². The molecule has 0 fully saturated rings. The Morgan fingerprint density at radius 2 is 2.17 bits per heavy atom. The molecule has 0 saturated carbocycles. The predicted molar refractivity (Wildman–Crippen MR) is 84.8 cm³/mol. The van der Waals surface area contributed by atoms with E-state index in [1.807, 2.05) is 0 Å². The molecule has 24 heavy (non-hydrogen) atoms. The number of allylic oxidation sites excluding steroid dienone is 1. The molecule has 3 rings (SSSR count). The second-order valence-corrected chi connectivity index (χ2v) is 6.09. The van der Waals surface area contributed by atoms with Crippen molar-refractivity contribution < 1.29 is 19.4 Å². The molecule has 2 atom stereocenters. The van der Waals surface area contributed by atoms with Gasteiger partial charge in [0.05, 0.1) is 13.4 Å². The van der Waals surface area contributed by atoms with Crippen LogP contribution in [0.5, 0.6) is 5.88 Å². The maximum atomic E-state index is 13.0. The summed E-state index contributed by atoms with van der Waals surface area (Å²) in [7, 11) is 1.47. The normalized spacial score (nSPS) is 25.2. The zero-order valence-corrected chi connectivity index (χ0v) is 13.9. The van der Waals surface area contributed by atoms with E-state index in [9.17, 15) is 14.7 Å². The maximum Gasteiger partial charge on any atom is 0.265 e. The molecule has 2 N–H and O–H groups in total. The first kappa shape index (κ1) is 16.3. The largest absolute Gasteiger partial charge is 0.497 e. The van der Waals surface area contributed by atoms with Gasteiger partial charge in [-0.05, 0) is 13.0 Å². The van der Waals surface area contributed by atoms with E-state index in [0.29, 0.717) is 5.76 Å². The third-order valence-corrected chi connectivity index (χ3v) is 4.31. The van der Waals surface area contributed by atoms with Crippen molar-refractivity contribution in [2.75, 3.05) is 7.11 Å². The molecule has 0 spiro atoms. The number of aliphatic hydroxyl groups is 1. The number of carbonyl (C=O) groups excluding carboxylic acids is 1. The lowest BCUT2D eigenvalue weighted by Gasteiger charge is -2.40. The Balaban J connectivity index is 2.34. The number of hydrogen-bond donors (Lipinski definition) is 2. The van der Waals surface area contributed by atoms with Crippen LogP contribution in [-0.4, -0.2) is 27.7 Å². The van der Waals surface area contributed by atoms with E-state index in [0.717, 1.165) is 0 Å². The smallest absolute Gasteiger partial charge is 0.265 e. The molecule has 0 bridgehead atoms. The van der Waals surface area contributed by atoms with Crippen molar-refractivity contribution in [2.45, 2.75) is 32.5 Å². The fourth-order valence-corrected chi connectivity index (χ4v) is 2.72. The van der Waals surface area contributed by atoms with Crippen LogP contribution in [-0.2, 0) is 15.3 Å². The van der Waals surface area contributed by atoms with Gasteiger partial charge in [-0.2, -0.15) is 4.98 Å². The zero-order valence-electron chi connectivity index (χ0n) is 13.9. The lowest BCUT2D eigenvalue weighted by Crippen LogP contribution is -2.60. The summed E-state index contributed by atoms with van der Waals surface area (Å²) in [5.74, 6) is -0.337. The van der Waals surface area contributed by atoms with Crippen LogP contribution in [0, 0.1) is 5.92 Å². The monoisotopic (exact) mass is 333 g/mol. The summed E-state index contributed by atoms with van der Waals surface area (Å²) in [5, 5.41) is 13.5. The summed E-state index contributed by atoms with van der Waals surface area (Å²) in [5.41, 5.74) is -2.08. The van der Waals surface area contributed by atoms with Crippen molar-refractivity contribution >= 4 is 12.0 Å². The molecule has 1 aromatic rings. The minimum Gasteiger partial charge on any atom is -0.497 e. The van der Waals surface area contributed by atoms with Crippen LogP contribution in [0.1, 0.15) is 38.2 Å². The number of carbonyl (C=O) groups is 1. The quantitative estimate of drug-likeness (QED) is 0.823. The summed E-state index contributed by atoms with van der Waals surface area (Å²) in [6, 6.07) is -0.806. The van der Waals surface area contributed by atoms with Gasteiger partial charge in [0.2, 0.25) is 11.8 Å². The lowest BCUT2D eigenvalue weighted by molar-refractivity contribution is -0.143. The molecule has 0 saturated heterocycles. The first-order valence-electron chi connectivity index (χ1n) is 7.60. The van der Waals surface area contributed by atoms with Crippen molar-refractivity contribution in [3.05, 3.63) is 39.8 Å². The third-order valence-electron chi connectivity index (χ3n) is 4.31. The van der Waals surface area contributed by atoms with Crippen LogP contribution in [0.3, 0.4) is 0 Å². The van der Waals surface area contributed by atoms with Gasteiger partial charge in [0.1, 0.15) is 17.4 Å². The maximum absolute atomic E-state index is 13.0. The van der Waals surface area contributed by atoms with Crippen molar-refractivity contribution in [3.8, 4) is 5.88 Å². The fraction of sp³-hybridized carbons (Fsp3) is 0.438. The molecule has 3 heterocycles. The number of methoxy groups -OCH3 is 1. The van der Waals surface area contributed by atoms with E-state index in [1.165, 1.54) is 24.0 Å². The van der Waals surface area contributed by atoms with E-state index in [2.05, 4.69) is 10.3 Å². The van der Waals surface area contributed by atoms with Gasteiger partial charge in [0.25, 0.3) is 5.56 Å². The molecule has 1 aromatic heterocycles. The number of nitrogens with zero attached hydrogens (tertiary/aromatic N) is 2. The first-order chi connectivity index (χ1) is 11.3. The van der Waals surface area contributed by atoms with Crippen molar-refractivity contribution in [2.24, 2.45) is 5.92 Å². The molecule has 2 unspecified atom stereocenters. The summed E-state index contributed by atoms with van der Waals surface area (Å²) in [4.78, 5) is 29.5. The minimum absolute atomic E-state index is 0.0519. The first-order valence-corrected chi connectivity index (χ1v) is 7.60. The number of ether oxygens (including phenoxy) is 2. The summed E-state index contributed by atoms with van der Waals surface area (Å²) in [6.45, 7) is 5.02. The number of hydrogen-bond acceptors (Lipinski definition) is 6. The molecule has 8 nitrogen and oxygen atoms in total. The minimum atomic E-state index is -1.76. The fourth-order valence-electron chi connectivity index (χ4n) is 2.72. The summed E-state index contributed by atoms with van der Waals surface area (Å²) < 4.78 is 11.8. The number of amides is 1. The molecule has 2 aliphatic heterocycles. The molecule has 2 aliphatic rings. The van der Waals surface area contributed by atoms with Crippen molar-refractivity contribution in [1.82, 2.24) is 14.9 Å². The Labute approximate surface area is 138 Å². The zero-order chi connectivity index (χ0) is 17.6. The predicted octanol–water partition coefficient (Wildman–Crippen LogP) is 0.629. The molecular formula is C16H19N3O5. The highest BCUT2D eigenvalue weighted by Gasteiger charge is 2.46. The van der Waals surface area contributed by atoms with Crippen molar-refractivity contribution in [1.29, 1.82) is 0 Å². The third kappa shape index (κ3) is 2.22. The summed E-state index contributed by atoms with van der Waals surface area (Å²) in [6.07, 6.45) is 4.39. The van der Waals surface area contributed by atoms with Crippen LogP contribution in [0.4, 0.5) is 0 Å². The van der Waals surface area contributed by atoms with Crippen LogP contribution in [0.15, 0.2) is 22.9 Å². The van der Waals surface area contributed by atoms with Gasteiger partial charge in [0.15, 0.2) is 11.5 Å². The topological polar surface area (TPSA) is 103 Å². The lowest BCUT2D eigenvalue weighted by atomic mass is 9.95. The Hall–Kier alpha value is -2.61. The highest BCUT2D eigenvalue weighted by molar-refractivity contribution is 5.82. The van der Waals surface area contributed by atoms with Gasteiger partial charge >= 0.3 is 0 Å². The number of fused-ring (bicyclic) bond motifs is 2. The number of rotatable bonds is 2. The molecule has 128 valence electrons. The van der Waals surface area contributed by atoms with Crippen LogP contribution >= 0.6 is 0 Å². The number of aromatic nitrogens is 2. The average Bonchev–Trinajstić information content (AvgIpc) is 2.74. The SMILES string of the molecule is COC1=Cc2c(nc3n(c2=O)C(C)C(=O)NC3(O)C(C)C)OC=C1. The molecular weight excluding hydrogens is 314 g/mol. The van der Waals surface area contributed by atoms with Gasteiger partial charge in [-0.1, -0.05) is 13.8 Å². The van der Waals surface area contributed by atoms with E-state index < -0.39 is 29.2 Å². The molecule has 0 aliphatic carbocycles. The van der Waals surface area contributed by atoms with Crippen molar-refractivity contribution in [3.63, 3.8) is 0 Å². The Morgan fingerprint density at radius 3 is 2.79 bits per heavy atom. The Bertz CT molecular complexity index is 824. The van der Waals surface area contributed by atoms with Gasteiger partial charge in [-0.3, -0.25) is 14.2 Å². The Kier molecular flexibility index (Phi) is 3.71. The van der Waals surface area contributed by atoms with Gasteiger partial charge in [-0.15, -0.1) is 0 Å². The van der Waals surface area contributed by atoms with Crippen LogP contribution < -0.4 is 15.6 Å². The van der Waals surface area contributed by atoms with Gasteiger partial charge in [0, 0.05) is 12.0 Å². The average molecular weight is 333 g/mol. The highest BCUT2D eigenvalue weighted by Crippen LogP contribution is 2.33. The standard InChI is InChI=1S/C16H19N3O5/c1-8(2)16(22)15-17-13-11(7-10(23-4)5-6-24-13)14(21)19(15)9(3)12(20)18-16/h5-9,22H,1-4H3,(H,18,20). The highest BCUT2D eigenvalue weighted by atomic mass is 16.5. The van der Waals surface area contributed by atoms with E-state index in [1.54, 1.807) is 26.8 Å². The summed E-state index contributed by atoms with van der Waals surface area (Å²) >= 11 is 0. The molecule has 0 aromatic carbocycles. The van der Waals surface area contributed by atoms with Gasteiger partial charge in [-0.25, -0.2) is 0 Å². The number of nitrogens with one attached hydrogen (secondary N) is 1. The molecule has 1 amide bonds. The van der Waals surface area contributed by atoms with Gasteiger partial charge < -0.3 is 19.9 Å². The second-order valence-electron chi connectivity index (χ2n) is 6.09. The van der Waals surface area contributed by atoms with Crippen LogP contribution in [0.2, 0.25) is 0 Å². The molecule has 0 radical (unpaired) electrons. The van der Waals surface area contributed by atoms with E-state index >= 15 is 0 Å². The second kappa shape index (κ2) is 5.48. The Morgan fingerprint density at radius 1 is 1.46 bits per heavy atom. The van der Waals surface area contributed by atoms with E-state index in [4.69, 9.17) is 9.47 Å². The molecule has 8 heteroatoms. The van der Waals surface area contributed by atoms with E-state index in [-0.39, 0.29) is 17.3 Å².